The van der Waals surface area contributed by atoms with E-state index in [0.717, 1.165) is 50.5 Å². The minimum Gasteiger partial charge on any atom is -0.452 e. The van der Waals surface area contributed by atoms with Crippen LogP contribution in [0.4, 0.5) is 5.69 Å². The van der Waals surface area contributed by atoms with Crippen LogP contribution in [0.1, 0.15) is 28.4 Å². The lowest BCUT2D eigenvalue weighted by Crippen LogP contribution is -3.12. The van der Waals surface area contributed by atoms with E-state index < -0.39 is 5.97 Å². The van der Waals surface area contributed by atoms with Crippen molar-refractivity contribution in [3.63, 3.8) is 0 Å². The minimum absolute atomic E-state index is 0.309. The Hall–Kier alpha value is -2.70. The first-order valence-corrected chi connectivity index (χ1v) is 9.71. The Bertz CT molecular complexity index is 798. The highest BCUT2D eigenvalue weighted by Crippen LogP contribution is 2.15. The number of hydrogen-bond acceptors (Lipinski definition) is 4. The molecule has 1 aliphatic heterocycles. The number of quaternary nitrogens is 1. The average molecular weight is 383 g/mol. The van der Waals surface area contributed by atoms with Crippen LogP contribution in [-0.4, -0.2) is 44.8 Å². The first-order chi connectivity index (χ1) is 13.7. The predicted molar refractivity (Wildman–Crippen MR) is 106 cm³/mol. The van der Waals surface area contributed by atoms with E-state index in [9.17, 15) is 9.59 Å². The molecule has 28 heavy (non-hydrogen) atoms. The Morgan fingerprint density at radius 3 is 2.50 bits per heavy atom. The van der Waals surface area contributed by atoms with Gasteiger partial charge < -0.3 is 19.7 Å². The summed E-state index contributed by atoms with van der Waals surface area (Å²) in [7, 11) is 0. The van der Waals surface area contributed by atoms with Crippen molar-refractivity contribution in [2.45, 2.75) is 19.9 Å². The van der Waals surface area contributed by atoms with Crippen LogP contribution in [0.25, 0.3) is 0 Å². The van der Waals surface area contributed by atoms with Gasteiger partial charge in [0, 0.05) is 11.3 Å². The molecule has 0 radical (unpaired) electrons. The summed E-state index contributed by atoms with van der Waals surface area (Å²) in [6.45, 7) is 6.22. The van der Waals surface area contributed by atoms with Crippen molar-refractivity contribution in [2.75, 3.05) is 38.2 Å². The summed E-state index contributed by atoms with van der Waals surface area (Å²) in [6.07, 6.45) is 0.814. The largest absolute Gasteiger partial charge is 0.452 e. The van der Waals surface area contributed by atoms with Crippen molar-refractivity contribution in [2.24, 2.45) is 0 Å². The third-order valence-corrected chi connectivity index (χ3v) is 4.85. The van der Waals surface area contributed by atoms with Crippen LogP contribution in [0, 0.1) is 0 Å². The lowest BCUT2D eigenvalue weighted by atomic mass is 10.1. The number of carbonyl (C=O) groups is 2. The number of aryl methyl sites for hydroxylation is 1. The van der Waals surface area contributed by atoms with Gasteiger partial charge in [-0.25, -0.2) is 4.79 Å². The number of para-hydroxylation sites is 1. The van der Waals surface area contributed by atoms with Crippen LogP contribution in [0.2, 0.25) is 0 Å². The molecule has 148 valence electrons. The Morgan fingerprint density at radius 1 is 1.07 bits per heavy atom. The van der Waals surface area contributed by atoms with E-state index in [2.05, 4.69) is 5.32 Å². The standard InChI is InChI=1S/C22H26N2O4/c1-2-18-5-3-4-6-20(18)23-21(25)16-28-22(26)19-9-7-17(8-10-19)15-24-11-13-27-14-12-24/h3-10H,2,11-16H2,1H3,(H,23,25)/p+1. The zero-order valence-corrected chi connectivity index (χ0v) is 16.2. The molecule has 2 aromatic carbocycles. The molecule has 1 amide bonds. The molecule has 0 aliphatic carbocycles. The van der Waals surface area contributed by atoms with Crippen molar-refractivity contribution in [1.82, 2.24) is 0 Å². The lowest BCUT2D eigenvalue weighted by molar-refractivity contribution is -0.921. The zero-order chi connectivity index (χ0) is 19.8. The van der Waals surface area contributed by atoms with Gasteiger partial charge in [0.25, 0.3) is 5.91 Å². The number of esters is 1. The number of anilines is 1. The van der Waals surface area contributed by atoms with Gasteiger partial charge in [0.15, 0.2) is 6.61 Å². The van der Waals surface area contributed by atoms with Crippen LogP contribution < -0.4 is 10.2 Å². The molecule has 0 aromatic heterocycles. The fourth-order valence-corrected chi connectivity index (χ4v) is 3.24. The van der Waals surface area contributed by atoms with Crippen LogP contribution in [-0.2, 0) is 27.2 Å². The number of carbonyl (C=O) groups excluding carboxylic acids is 2. The lowest BCUT2D eigenvalue weighted by Gasteiger charge is -2.23. The summed E-state index contributed by atoms with van der Waals surface area (Å²) in [5, 5.41) is 2.79. The fraction of sp³-hybridized carbons (Fsp3) is 0.364. The highest BCUT2D eigenvalue weighted by Gasteiger charge is 2.15. The molecule has 6 heteroatoms. The normalized spacial score (nSPS) is 14.5. The highest BCUT2D eigenvalue weighted by molar-refractivity contribution is 5.95. The van der Waals surface area contributed by atoms with Crippen LogP contribution in [0.5, 0.6) is 0 Å². The molecule has 0 unspecified atom stereocenters. The summed E-state index contributed by atoms with van der Waals surface area (Å²) in [5.74, 6) is -0.842. The molecule has 0 bridgehead atoms. The zero-order valence-electron chi connectivity index (χ0n) is 16.2. The molecule has 2 aromatic rings. The Balaban J connectivity index is 1.48. The molecule has 3 rings (SSSR count). The molecule has 6 nitrogen and oxygen atoms in total. The molecule has 1 fully saturated rings. The summed E-state index contributed by atoms with van der Waals surface area (Å²) in [5.41, 5.74) is 3.41. The van der Waals surface area contributed by atoms with Gasteiger partial charge >= 0.3 is 5.97 Å². The van der Waals surface area contributed by atoms with E-state index in [-0.39, 0.29) is 12.5 Å². The Morgan fingerprint density at radius 2 is 1.79 bits per heavy atom. The molecular formula is C22H27N2O4+. The topological polar surface area (TPSA) is 69.1 Å². The number of morpholine rings is 1. The van der Waals surface area contributed by atoms with Crippen molar-refractivity contribution in [3.8, 4) is 0 Å². The molecule has 2 N–H and O–H groups in total. The number of amides is 1. The third kappa shape index (κ3) is 5.65. The first kappa shape index (κ1) is 20.0. The van der Waals surface area contributed by atoms with Gasteiger partial charge in [0.1, 0.15) is 19.6 Å². The van der Waals surface area contributed by atoms with Crippen molar-refractivity contribution in [3.05, 3.63) is 65.2 Å². The van der Waals surface area contributed by atoms with Crippen LogP contribution in [0.3, 0.4) is 0 Å². The molecule has 0 saturated carbocycles. The van der Waals surface area contributed by atoms with Crippen molar-refractivity contribution >= 4 is 17.6 Å². The third-order valence-electron chi connectivity index (χ3n) is 4.85. The molecule has 1 heterocycles. The van der Waals surface area contributed by atoms with E-state index in [1.165, 1.54) is 10.5 Å². The molecule has 1 saturated heterocycles. The summed E-state index contributed by atoms with van der Waals surface area (Å²) in [6, 6.07) is 15.0. The number of ether oxygens (including phenoxy) is 2. The van der Waals surface area contributed by atoms with Crippen molar-refractivity contribution in [1.29, 1.82) is 0 Å². The Labute approximate surface area is 165 Å². The molecule has 0 spiro atoms. The van der Waals surface area contributed by atoms with Gasteiger partial charge in [-0.2, -0.15) is 0 Å². The number of nitrogens with one attached hydrogen (secondary N) is 2. The average Bonchev–Trinajstić information content (AvgIpc) is 2.74. The van der Waals surface area contributed by atoms with Gasteiger partial charge in [-0.3, -0.25) is 4.79 Å². The second kappa shape index (κ2) is 10.0. The van der Waals surface area contributed by atoms with E-state index in [1.54, 1.807) is 12.1 Å². The SMILES string of the molecule is CCc1ccccc1NC(=O)COC(=O)c1ccc(C[NH+]2CCOCC2)cc1. The monoisotopic (exact) mass is 383 g/mol. The minimum atomic E-state index is -0.496. The van der Waals surface area contributed by atoms with Gasteiger partial charge in [-0.1, -0.05) is 37.3 Å². The van der Waals surface area contributed by atoms with E-state index in [1.807, 2.05) is 43.3 Å². The second-order valence-electron chi connectivity index (χ2n) is 6.87. The molecular weight excluding hydrogens is 356 g/mol. The van der Waals surface area contributed by atoms with Crippen molar-refractivity contribution < 1.29 is 24.0 Å². The Kier molecular flexibility index (Phi) is 7.17. The summed E-state index contributed by atoms with van der Waals surface area (Å²) < 4.78 is 10.5. The van der Waals surface area contributed by atoms with E-state index >= 15 is 0 Å². The van der Waals surface area contributed by atoms with Crippen LogP contribution in [0.15, 0.2) is 48.5 Å². The summed E-state index contributed by atoms with van der Waals surface area (Å²) in [4.78, 5) is 25.8. The van der Waals surface area contributed by atoms with Gasteiger partial charge in [0.2, 0.25) is 0 Å². The van der Waals surface area contributed by atoms with Gasteiger partial charge in [0.05, 0.1) is 18.8 Å². The number of benzene rings is 2. The number of rotatable bonds is 7. The maximum absolute atomic E-state index is 12.2. The van der Waals surface area contributed by atoms with E-state index in [0.29, 0.717) is 5.56 Å². The fourth-order valence-electron chi connectivity index (χ4n) is 3.24. The molecule has 1 aliphatic rings. The van der Waals surface area contributed by atoms with E-state index in [4.69, 9.17) is 9.47 Å². The predicted octanol–water partition coefficient (Wildman–Crippen LogP) is 1.46. The first-order valence-electron chi connectivity index (χ1n) is 9.71. The van der Waals surface area contributed by atoms with Gasteiger partial charge in [-0.05, 0) is 30.2 Å². The smallest absolute Gasteiger partial charge is 0.338 e. The maximum Gasteiger partial charge on any atom is 0.338 e. The molecule has 0 atom stereocenters. The summed E-state index contributed by atoms with van der Waals surface area (Å²) >= 11 is 0. The van der Waals surface area contributed by atoms with Gasteiger partial charge in [-0.15, -0.1) is 0 Å². The highest BCUT2D eigenvalue weighted by atomic mass is 16.5. The second-order valence-corrected chi connectivity index (χ2v) is 6.87. The maximum atomic E-state index is 12.2. The quantitative estimate of drug-likeness (QED) is 0.711. The number of hydrogen-bond donors (Lipinski definition) is 2. The van der Waals surface area contributed by atoms with Crippen LogP contribution >= 0.6 is 0 Å².